The van der Waals surface area contributed by atoms with Crippen molar-refractivity contribution in [2.24, 2.45) is 5.92 Å². The molecule has 3 rings (SSSR count). The molecule has 8 nitrogen and oxygen atoms in total. The summed E-state index contributed by atoms with van der Waals surface area (Å²) in [5.74, 6) is 0.313. The normalized spacial score (nSPS) is 18.4. The maximum atomic E-state index is 12.9. The van der Waals surface area contributed by atoms with Crippen LogP contribution in [0, 0.1) is 5.92 Å². The van der Waals surface area contributed by atoms with Crippen LogP contribution in [0.1, 0.15) is 27.2 Å². The van der Waals surface area contributed by atoms with Crippen LogP contribution in [0.25, 0.3) is 0 Å². The first-order valence-electron chi connectivity index (χ1n) is 9.67. The quantitative estimate of drug-likeness (QED) is 0.789. The van der Waals surface area contributed by atoms with Crippen LogP contribution in [0.3, 0.4) is 0 Å². The number of likely N-dealkylation sites (N-methyl/N-ethyl adjacent to an activating group) is 1. The first-order chi connectivity index (χ1) is 13.4. The molecule has 1 saturated heterocycles. The maximum absolute atomic E-state index is 12.9. The number of hydrogen-bond acceptors (Lipinski definition) is 5. The average molecular weight is 389 g/mol. The van der Waals surface area contributed by atoms with E-state index in [0.29, 0.717) is 43.5 Å². The highest BCUT2D eigenvalue weighted by molar-refractivity contribution is 6.01. The Morgan fingerprint density at radius 1 is 1.25 bits per heavy atom. The third kappa shape index (κ3) is 4.37. The fourth-order valence-corrected chi connectivity index (χ4v) is 3.47. The van der Waals surface area contributed by atoms with Crippen molar-refractivity contribution in [3.8, 4) is 11.5 Å². The fraction of sp³-hybridized carbons (Fsp3) is 0.550. The molecule has 1 aromatic carbocycles. The summed E-state index contributed by atoms with van der Waals surface area (Å²) in [4.78, 5) is 40.5. The largest absolute Gasteiger partial charge is 0.486 e. The smallest absolute Gasteiger partial charge is 0.239 e. The average Bonchev–Trinajstić information content (AvgIpc) is 3.06. The van der Waals surface area contributed by atoms with E-state index in [1.807, 2.05) is 20.8 Å². The van der Waals surface area contributed by atoms with Gasteiger partial charge in [-0.1, -0.05) is 0 Å². The minimum Gasteiger partial charge on any atom is -0.486 e. The van der Waals surface area contributed by atoms with Gasteiger partial charge in [0.2, 0.25) is 17.7 Å². The van der Waals surface area contributed by atoms with Gasteiger partial charge in [-0.25, -0.2) is 0 Å². The van der Waals surface area contributed by atoms with Crippen LogP contribution in [0.15, 0.2) is 18.2 Å². The van der Waals surface area contributed by atoms with E-state index in [1.165, 1.54) is 4.90 Å². The molecule has 1 fully saturated rings. The van der Waals surface area contributed by atoms with Gasteiger partial charge in [0.25, 0.3) is 0 Å². The zero-order chi connectivity index (χ0) is 20.3. The number of ether oxygens (including phenoxy) is 2. The molecule has 0 saturated carbocycles. The Kier molecular flexibility index (Phi) is 6.06. The van der Waals surface area contributed by atoms with Gasteiger partial charge < -0.3 is 24.6 Å². The number of anilines is 1. The third-order valence-corrected chi connectivity index (χ3v) is 4.79. The van der Waals surface area contributed by atoms with Crippen LogP contribution in [0.2, 0.25) is 0 Å². The van der Waals surface area contributed by atoms with Crippen LogP contribution < -0.4 is 19.7 Å². The summed E-state index contributed by atoms with van der Waals surface area (Å²) >= 11 is 0. The van der Waals surface area contributed by atoms with E-state index in [0.717, 1.165) is 0 Å². The lowest BCUT2D eigenvalue weighted by atomic mass is 10.1. The third-order valence-electron chi connectivity index (χ3n) is 4.79. The van der Waals surface area contributed by atoms with Crippen molar-refractivity contribution in [1.29, 1.82) is 0 Å². The summed E-state index contributed by atoms with van der Waals surface area (Å²) in [6, 6.07) is 5.36. The minimum atomic E-state index is -0.465. The molecule has 0 radical (unpaired) electrons. The van der Waals surface area contributed by atoms with E-state index in [4.69, 9.17) is 9.47 Å². The molecule has 8 heteroatoms. The van der Waals surface area contributed by atoms with Gasteiger partial charge in [0.1, 0.15) is 13.2 Å². The number of nitrogens with one attached hydrogen (secondary N) is 1. The van der Waals surface area contributed by atoms with Gasteiger partial charge in [0.15, 0.2) is 11.5 Å². The van der Waals surface area contributed by atoms with E-state index in [-0.39, 0.29) is 36.7 Å². The second-order valence-electron chi connectivity index (χ2n) is 7.31. The molecule has 1 atom stereocenters. The Bertz CT molecular complexity index is 764. The lowest BCUT2D eigenvalue weighted by Gasteiger charge is -2.25. The SMILES string of the molecule is CCN(CC(=O)NC(C)C)C(=O)C1CC(=O)N(c2ccc3c(c2)OCCO3)C1. The molecular weight excluding hydrogens is 362 g/mol. The number of benzene rings is 1. The second kappa shape index (κ2) is 8.50. The number of hydrogen-bond donors (Lipinski definition) is 1. The lowest BCUT2D eigenvalue weighted by molar-refractivity contribution is -0.139. The molecule has 1 N–H and O–H groups in total. The van der Waals surface area contributed by atoms with Crippen molar-refractivity contribution < 1.29 is 23.9 Å². The Labute approximate surface area is 164 Å². The molecule has 0 spiro atoms. The molecule has 3 amide bonds. The first-order valence-corrected chi connectivity index (χ1v) is 9.67. The highest BCUT2D eigenvalue weighted by Gasteiger charge is 2.37. The Balaban J connectivity index is 1.67. The molecule has 1 aromatic rings. The zero-order valence-corrected chi connectivity index (χ0v) is 16.6. The van der Waals surface area contributed by atoms with Gasteiger partial charge in [0.05, 0.1) is 12.5 Å². The van der Waals surface area contributed by atoms with Gasteiger partial charge in [-0.05, 0) is 32.9 Å². The summed E-state index contributed by atoms with van der Waals surface area (Å²) in [6.45, 7) is 7.25. The summed E-state index contributed by atoms with van der Waals surface area (Å²) < 4.78 is 11.1. The van der Waals surface area contributed by atoms with E-state index in [1.54, 1.807) is 23.1 Å². The maximum Gasteiger partial charge on any atom is 0.239 e. The molecule has 1 unspecified atom stereocenters. The molecule has 0 aliphatic carbocycles. The molecule has 152 valence electrons. The standard InChI is InChI=1S/C20H27N3O5/c1-4-22(12-18(24)21-13(2)3)20(26)14-9-19(25)23(11-14)15-5-6-16-17(10-15)28-8-7-27-16/h5-6,10,13-14H,4,7-9,11-12H2,1-3H3,(H,21,24). The van der Waals surface area contributed by atoms with Gasteiger partial charge in [-0.2, -0.15) is 0 Å². The summed E-state index contributed by atoms with van der Waals surface area (Å²) in [5.41, 5.74) is 0.685. The van der Waals surface area contributed by atoms with Crippen LogP contribution in [-0.4, -0.2) is 61.5 Å². The van der Waals surface area contributed by atoms with Crippen molar-refractivity contribution in [2.75, 3.05) is 37.7 Å². The van der Waals surface area contributed by atoms with Crippen LogP contribution in [-0.2, 0) is 14.4 Å². The highest BCUT2D eigenvalue weighted by Crippen LogP contribution is 2.36. The molecule has 2 heterocycles. The highest BCUT2D eigenvalue weighted by atomic mass is 16.6. The van der Waals surface area contributed by atoms with Crippen molar-refractivity contribution in [3.05, 3.63) is 18.2 Å². The van der Waals surface area contributed by atoms with Crippen LogP contribution >= 0.6 is 0 Å². The van der Waals surface area contributed by atoms with Crippen molar-refractivity contribution in [1.82, 2.24) is 10.2 Å². The number of rotatable bonds is 6. The van der Waals surface area contributed by atoms with E-state index in [2.05, 4.69) is 5.32 Å². The second-order valence-corrected chi connectivity index (χ2v) is 7.31. The summed E-state index contributed by atoms with van der Waals surface area (Å²) in [6.07, 6.45) is 0.134. The Morgan fingerprint density at radius 3 is 2.64 bits per heavy atom. The van der Waals surface area contributed by atoms with Gasteiger partial charge in [-0.3, -0.25) is 14.4 Å². The topological polar surface area (TPSA) is 88.2 Å². The van der Waals surface area contributed by atoms with E-state index >= 15 is 0 Å². The van der Waals surface area contributed by atoms with Crippen molar-refractivity contribution in [3.63, 3.8) is 0 Å². The van der Waals surface area contributed by atoms with Gasteiger partial charge in [0, 0.05) is 37.3 Å². The first kappa shape index (κ1) is 20.0. The molecule has 2 aliphatic heterocycles. The van der Waals surface area contributed by atoms with Crippen molar-refractivity contribution >= 4 is 23.4 Å². The molecular formula is C20H27N3O5. The zero-order valence-electron chi connectivity index (χ0n) is 16.6. The predicted molar refractivity (Wildman–Crippen MR) is 103 cm³/mol. The van der Waals surface area contributed by atoms with Crippen LogP contribution in [0.5, 0.6) is 11.5 Å². The van der Waals surface area contributed by atoms with Crippen LogP contribution in [0.4, 0.5) is 5.69 Å². The number of carbonyl (C=O) groups excluding carboxylic acids is 3. The van der Waals surface area contributed by atoms with Crippen molar-refractivity contribution in [2.45, 2.75) is 33.2 Å². The number of amides is 3. The number of carbonyl (C=O) groups is 3. The van der Waals surface area contributed by atoms with Gasteiger partial charge in [-0.15, -0.1) is 0 Å². The molecule has 28 heavy (non-hydrogen) atoms. The molecule has 0 aromatic heterocycles. The lowest BCUT2D eigenvalue weighted by Crippen LogP contribution is -2.45. The molecule has 2 aliphatic rings. The van der Waals surface area contributed by atoms with E-state index in [9.17, 15) is 14.4 Å². The Hall–Kier alpha value is -2.77. The minimum absolute atomic E-state index is 0.00221. The number of nitrogens with zero attached hydrogens (tertiary/aromatic N) is 2. The number of fused-ring (bicyclic) bond motifs is 1. The predicted octanol–water partition coefficient (Wildman–Crippen LogP) is 1.18. The fourth-order valence-electron chi connectivity index (χ4n) is 3.47. The summed E-state index contributed by atoms with van der Waals surface area (Å²) in [5, 5.41) is 2.79. The van der Waals surface area contributed by atoms with Gasteiger partial charge >= 0.3 is 0 Å². The Morgan fingerprint density at radius 2 is 1.96 bits per heavy atom. The molecule has 0 bridgehead atoms. The summed E-state index contributed by atoms with van der Waals surface area (Å²) in [7, 11) is 0. The van der Waals surface area contributed by atoms with E-state index < -0.39 is 5.92 Å². The monoisotopic (exact) mass is 389 g/mol.